The summed E-state index contributed by atoms with van der Waals surface area (Å²) in [4.78, 5) is 16.0. The van der Waals surface area contributed by atoms with Crippen LogP contribution in [-0.2, 0) is 9.53 Å². The fourth-order valence-electron chi connectivity index (χ4n) is 2.29. The number of likely N-dealkylation sites (tertiary alicyclic amines) is 1. The van der Waals surface area contributed by atoms with Crippen molar-refractivity contribution in [2.45, 2.75) is 19.3 Å². The monoisotopic (exact) mass is 249 g/mol. The Labute approximate surface area is 108 Å². The first-order valence-electron chi connectivity index (χ1n) is 6.54. The lowest BCUT2D eigenvalue weighted by atomic mass is 10.1. The molecule has 0 aromatic carbocycles. The van der Waals surface area contributed by atoms with Crippen LogP contribution in [-0.4, -0.2) is 55.1 Å². The molecule has 0 unspecified atom stereocenters. The van der Waals surface area contributed by atoms with Gasteiger partial charge in [-0.1, -0.05) is 0 Å². The van der Waals surface area contributed by atoms with E-state index in [9.17, 15) is 4.79 Å². The Balaban J connectivity index is 2.00. The molecule has 1 amide bonds. The summed E-state index contributed by atoms with van der Waals surface area (Å²) in [6.45, 7) is 4.37. The predicted molar refractivity (Wildman–Crippen MR) is 66.5 cm³/mol. The summed E-state index contributed by atoms with van der Waals surface area (Å²) < 4.78 is 5.24. The van der Waals surface area contributed by atoms with Gasteiger partial charge < -0.3 is 14.5 Å². The number of morpholine rings is 1. The molecular weight excluding hydrogens is 230 g/mol. The Morgan fingerprint density at radius 3 is 2.39 bits per heavy atom. The normalized spacial score (nSPS) is 21.6. The highest BCUT2D eigenvalue weighted by Crippen LogP contribution is 2.12. The number of nitrogens with zero attached hydrogens (tertiary/aromatic N) is 3. The topological polar surface area (TPSA) is 56.6 Å². The summed E-state index contributed by atoms with van der Waals surface area (Å²) in [5, 5.41) is 9.13. The van der Waals surface area contributed by atoms with E-state index in [0.717, 1.165) is 39.0 Å². The standard InChI is InChI=1S/C13H19N3O2/c14-10-12(11-15-6-8-18-9-7-15)13(17)16-4-2-1-3-5-16/h11H,1-9H2/b12-11-. The molecule has 0 N–H and O–H groups in total. The van der Waals surface area contributed by atoms with Crippen molar-refractivity contribution >= 4 is 5.91 Å². The van der Waals surface area contributed by atoms with E-state index in [1.807, 2.05) is 11.0 Å². The number of rotatable bonds is 2. The zero-order valence-corrected chi connectivity index (χ0v) is 10.6. The minimum absolute atomic E-state index is 0.122. The molecule has 0 spiro atoms. The van der Waals surface area contributed by atoms with Gasteiger partial charge in [-0.25, -0.2) is 0 Å². The number of piperidine rings is 1. The van der Waals surface area contributed by atoms with Crippen LogP contribution in [0.5, 0.6) is 0 Å². The molecule has 98 valence electrons. The third kappa shape index (κ3) is 3.23. The minimum Gasteiger partial charge on any atom is -0.378 e. The molecule has 0 radical (unpaired) electrons. The second kappa shape index (κ2) is 6.41. The van der Waals surface area contributed by atoms with Crippen molar-refractivity contribution in [3.8, 4) is 6.07 Å². The highest BCUT2D eigenvalue weighted by molar-refractivity contribution is 5.97. The molecule has 2 heterocycles. The third-order valence-corrected chi connectivity index (χ3v) is 3.35. The molecular formula is C13H19N3O2. The number of hydrogen-bond acceptors (Lipinski definition) is 4. The summed E-state index contributed by atoms with van der Waals surface area (Å²) in [5.41, 5.74) is 0.249. The van der Waals surface area contributed by atoms with Crippen LogP contribution in [0.3, 0.4) is 0 Å². The molecule has 0 aliphatic carbocycles. The number of amides is 1. The highest BCUT2D eigenvalue weighted by atomic mass is 16.5. The second-order valence-electron chi connectivity index (χ2n) is 4.66. The maximum Gasteiger partial charge on any atom is 0.266 e. The average molecular weight is 249 g/mol. The molecule has 5 nitrogen and oxygen atoms in total. The predicted octanol–water partition coefficient (Wildman–Crippen LogP) is 0.739. The zero-order valence-electron chi connectivity index (χ0n) is 10.6. The first kappa shape index (κ1) is 12.9. The van der Waals surface area contributed by atoms with Crippen molar-refractivity contribution in [3.63, 3.8) is 0 Å². The van der Waals surface area contributed by atoms with Crippen LogP contribution >= 0.6 is 0 Å². The van der Waals surface area contributed by atoms with Crippen LogP contribution in [0.2, 0.25) is 0 Å². The lowest BCUT2D eigenvalue weighted by molar-refractivity contribution is -0.127. The van der Waals surface area contributed by atoms with E-state index in [2.05, 4.69) is 0 Å². The van der Waals surface area contributed by atoms with E-state index in [0.29, 0.717) is 13.2 Å². The van der Waals surface area contributed by atoms with Crippen LogP contribution in [0.25, 0.3) is 0 Å². The van der Waals surface area contributed by atoms with Gasteiger partial charge in [-0.05, 0) is 19.3 Å². The number of ether oxygens (including phenoxy) is 1. The molecule has 2 aliphatic heterocycles. The lowest BCUT2D eigenvalue weighted by Gasteiger charge is -2.28. The maximum atomic E-state index is 12.2. The Morgan fingerprint density at radius 2 is 1.78 bits per heavy atom. The van der Waals surface area contributed by atoms with Crippen LogP contribution in [0.1, 0.15) is 19.3 Å². The quantitative estimate of drug-likeness (QED) is 0.535. The Kier molecular flexibility index (Phi) is 4.59. The number of hydrogen-bond donors (Lipinski definition) is 0. The van der Waals surface area contributed by atoms with Gasteiger partial charge >= 0.3 is 0 Å². The first-order chi connectivity index (χ1) is 8.81. The molecule has 0 aromatic heterocycles. The summed E-state index contributed by atoms with van der Waals surface area (Å²) in [6.07, 6.45) is 4.96. The molecule has 0 aromatic rings. The molecule has 18 heavy (non-hydrogen) atoms. The van der Waals surface area contributed by atoms with Gasteiger partial charge in [-0.2, -0.15) is 5.26 Å². The molecule has 0 saturated carbocycles. The first-order valence-corrected chi connectivity index (χ1v) is 6.54. The van der Waals surface area contributed by atoms with Gasteiger partial charge in [0.1, 0.15) is 11.6 Å². The minimum atomic E-state index is -0.122. The lowest BCUT2D eigenvalue weighted by Crippen LogP contribution is -2.38. The maximum absolute atomic E-state index is 12.2. The van der Waals surface area contributed by atoms with Gasteiger partial charge in [0.05, 0.1) is 13.2 Å². The Morgan fingerprint density at radius 1 is 1.11 bits per heavy atom. The van der Waals surface area contributed by atoms with Crippen LogP contribution in [0.4, 0.5) is 0 Å². The summed E-state index contributed by atoms with van der Waals surface area (Å²) in [7, 11) is 0. The van der Waals surface area contributed by atoms with Crippen LogP contribution in [0.15, 0.2) is 11.8 Å². The average Bonchev–Trinajstić information content (AvgIpc) is 2.46. The Hall–Kier alpha value is -1.54. The summed E-state index contributed by atoms with van der Waals surface area (Å²) >= 11 is 0. The molecule has 0 atom stereocenters. The number of carbonyl (C=O) groups excluding carboxylic acids is 1. The number of nitriles is 1. The Bertz CT molecular complexity index is 361. The van der Waals surface area contributed by atoms with Crippen LogP contribution < -0.4 is 0 Å². The van der Waals surface area contributed by atoms with E-state index in [1.165, 1.54) is 6.42 Å². The van der Waals surface area contributed by atoms with Crippen LogP contribution in [0, 0.1) is 11.3 Å². The zero-order chi connectivity index (χ0) is 12.8. The van der Waals surface area contributed by atoms with Gasteiger partial charge in [0, 0.05) is 32.4 Å². The molecule has 0 bridgehead atoms. The van der Waals surface area contributed by atoms with E-state index in [-0.39, 0.29) is 11.5 Å². The third-order valence-electron chi connectivity index (χ3n) is 3.35. The van der Waals surface area contributed by atoms with Crippen molar-refractivity contribution in [1.82, 2.24) is 9.80 Å². The van der Waals surface area contributed by atoms with Gasteiger partial charge in [0.15, 0.2) is 0 Å². The molecule has 2 fully saturated rings. The molecule has 2 aliphatic rings. The molecule has 2 saturated heterocycles. The van der Waals surface area contributed by atoms with Crippen molar-refractivity contribution < 1.29 is 9.53 Å². The molecule has 2 rings (SSSR count). The van der Waals surface area contributed by atoms with Gasteiger partial charge in [0.25, 0.3) is 5.91 Å². The van der Waals surface area contributed by atoms with Gasteiger partial charge in [-0.3, -0.25) is 4.79 Å². The highest BCUT2D eigenvalue weighted by Gasteiger charge is 2.21. The largest absolute Gasteiger partial charge is 0.378 e. The van der Waals surface area contributed by atoms with E-state index < -0.39 is 0 Å². The van der Waals surface area contributed by atoms with Crippen molar-refractivity contribution in [3.05, 3.63) is 11.8 Å². The summed E-state index contributed by atoms with van der Waals surface area (Å²) in [6, 6.07) is 2.03. The molecule has 5 heteroatoms. The fourth-order valence-corrected chi connectivity index (χ4v) is 2.29. The fraction of sp³-hybridized carbons (Fsp3) is 0.692. The van der Waals surface area contributed by atoms with E-state index in [4.69, 9.17) is 10.00 Å². The van der Waals surface area contributed by atoms with Gasteiger partial charge in [0.2, 0.25) is 0 Å². The van der Waals surface area contributed by atoms with Crippen molar-refractivity contribution in [1.29, 1.82) is 5.26 Å². The van der Waals surface area contributed by atoms with Gasteiger partial charge in [-0.15, -0.1) is 0 Å². The smallest absolute Gasteiger partial charge is 0.266 e. The van der Waals surface area contributed by atoms with E-state index >= 15 is 0 Å². The van der Waals surface area contributed by atoms with Crippen molar-refractivity contribution in [2.24, 2.45) is 0 Å². The van der Waals surface area contributed by atoms with Crippen molar-refractivity contribution in [2.75, 3.05) is 39.4 Å². The van der Waals surface area contributed by atoms with E-state index in [1.54, 1.807) is 11.1 Å². The SMILES string of the molecule is N#C/C(=C/N1CCOCC1)C(=O)N1CCCCC1. The summed E-state index contributed by atoms with van der Waals surface area (Å²) in [5.74, 6) is -0.122. The number of carbonyl (C=O) groups is 1. The second-order valence-corrected chi connectivity index (χ2v) is 4.66.